The van der Waals surface area contributed by atoms with Crippen molar-refractivity contribution < 1.29 is 19.1 Å². The van der Waals surface area contributed by atoms with Gasteiger partial charge in [0.05, 0.1) is 19.2 Å². The van der Waals surface area contributed by atoms with Gasteiger partial charge >= 0.3 is 6.03 Å². The lowest BCUT2D eigenvalue weighted by molar-refractivity contribution is -0.191. The van der Waals surface area contributed by atoms with Gasteiger partial charge in [-0.3, -0.25) is 9.59 Å². The molecule has 1 unspecified atom stereocenters. The van der Waals surface area contributed by atoms with Crippen LogP contribution in [0.1, 0.15) is 45.1 Å². The van der Waals surface area contributed by atoms with Crippen LogP contribution in [0.3, 0.4) is 0 Å². The number of nitrogens with zero attached hydrogens (tertiary/aromatic N) is 4. The van der Waals surface area contributed by atoms with Gasteiger partial charge in [-0.15, -0.1) is 0 Å². The summed E-state index contributed by atoms with van der Waals surface area (Å²) in [7, 11) is 0. The Morgan fingerprint density at radius 2 is 1.97 bits per heavy atom. The van der Waals surface area contributed by atoms with Crippen molar-refractivity contribution in [3.8, 4) is 0 Å². The van der Waals surface area contributed by atoms with Gasteiger partial charge in [0.15, 0.2) is 0 Å². The number of benzene rings is 1. The first-order chi connectivity index (χ1) is 16.0. The molecule has 3 aliphatic rings. The van der Waals surface area contributed by atoms with Crippen LogP contribution in [0.4, 0.5) is 4.79 Å². The van der Waals surface area contributed by atoms with Crippen molar-refractivity contribution in [1.82, 2.24) is 25.1 Å². The Morgan fingerprint density at radius 1 is 1.18 bits per heavy atom. The molecule has 1 N–H and O–H groups in total. The highest BCUT2D eigenvalue weighted by Crippen LogP contribution is 2.29. The van der Waals surface area contributed by atoms with E-state index >= 15 is 0 Å². The lowest BCUT2D eigenvalue weighted by atomic mass is 10.0. The maximum Gasteiger partial charge on any atom is 0.334 e. The molecule has 0 spiro atoms. The molecule has 4 rings (SSSR count). The van der Waals surface area contributed by atoms with Crippen LogP contribution in [0.2, 0.25) is 0 Å². The number of piperazine rings is 1. The standard InChI is InChI=1S/C24H35N5O4/c1-3-9-20-23(31)26(15-19-12-8-13-33-19)16-21-28(20)22(30)17-27(4-2)29(21)24(32)25-14-18-10-6-5-7-11-18/h5-7,10-11,19-21H,3-4,8-9,12-17H2,1-2H3,(H,25,32)/t19?,20-,21-/m0/s1. The predicted molar refractivity (Wildman–Crippen MR) is 123 cm³/mol. The van der Waals surface area contributed by atoms with Gasteiger partial charge < -0.3 is 19.9 Å². The highest BCUT2D eigenvalue weighted by atomic mass is 16.5. The zero-order valence-electron chi connectivity index (χ0n) is 19.6. The number of ether oxygens (including phenoxy) is 1. The smallest absolute Gasteiger partial charge is 0.334 e. The number of nitrogens with one attached hydrogen (secondary N) is 1. The maximum atomic E-state index is 13.4. The summed E-state index contributed by atoms with van der Waals surface area (Å²) in [6.45, 7) is 6.46. The number of hydrogen-bond acceptors (Lipinski definition) is 5. The van der Waals surface area contributed by atoms with E-state index in [1.54, 1.807) is 19.8 Å². The number of likely N-dealkylation sites (N-methyl/N-ethyl adjacent to an activating group) is 1. The largest absolute Gasteiger partial charge is 0.376 e. The van der Waals surface area contributed by atoms with Gasteiger partial charge in [-0.25, -0.2) is 14.8 Å². The third-order valence-electron chi connectivity index (χ3n) is 6.70. The number of carbonyl (C=O) groups excluding carboxylic acids is 3. The van der Waals surface area contributed by atoms with Crippen LogP contribution in [0.15, 0.2) is 30.3 Å². The molecule has 0 aromatic heterocycles. The number of rotatable bonds is 7. The monoisotopic (exact) mass is 457 g/mol. The predicted octanol–water partition coefficient (Wildman–Crippen LogP) is 1.79. The van der Waals surface area contributed by atoms with Gasteiger partial charge in [0.1, 0.15) is 12.2 Å². The summed E-state index contributed by atoms with van der Waals surface area (Å²) in [6.07, 6.45) is 2.77. The fraction of sp³-hybridized carbons (Fsp3) is 0.625. The topological polar surface area (TPSA) is 85.4 Å². The fourth-order valence-corrected chi connectivity index (χ4v) is 5.07. The minimum atomic E-state index is -0.550. The summed E-state index contributed by atoms with van der Waals surface area (Å²) < 4.78 is 5.78. The van der Waals surface area contributed by atoms with E-state index in [9.17, 15) is 14.4 Å². The Morgan fingerprint density at radius 3 is 2.64 bits per heavy atom. The summed E-state index contributed by atoms with van der Waals surface area (Å²) in [6, 6.07) is 8.93. The lowest BCUT2D eigenvalue weighted by Gasteiger charge is -2.55. The van der Waals surface area contributed by atoms with Crippen molar-refractivity contribution in [2.24, 2.45) is 0 Å². The number of urea groups is 1. The molecule has 0 saturated carbocycles. The second-order valence-corrected chi connectivity index (χ2v) is 8.93. The highest BCUT2D eigenvalue weighted by Gasteiger charge is 2.51. The number of carbonyl (C=O) groups is 3. The maximum absolute atomic E-state index is 13.4. The molecular formula is C24H35N5O4. The van der Waals surface area contributed by atoms with E-state index in [-0.39, 0.29) is 30.5 Å². The summed E-state index contributed by atoms with van der Waals surface area (Å²) in [5.41, 5.74) is 1.00. The van der Waals surface area contributed by atoms with E-state index in [4.69, 9.17) is 4.74 Å². The van der Waals surface area contributed by atoms with Crippen LogP contribution in [0, 0.1) is 0 Å². The van der Waals surface area contributed by atoms with E-state index < -0.39 is 12.2 Å². The van der Waals surface area contributed by atoms with E-state index in [1.807, 2.05) is 44.2 Å². The molecule has 33 heavy (non-hydrogen) atoms. The van der Waals surface area contributed by atoms with E-state index in [1.165, 1.54) is 0 Å². The molecule has 3 fully saturated rings. The molecule has 0 radical (unpaired) electrons. The van der Waals surface area contributed by atoms with Crippen molar-refractivity contribution >= 4 is 17.8 Å². The number of hydrazine groups is 1. The van der Waals surface area contributed by atoms with Crippen molar-refractivity contribution in [1.29, 1.82) is 0 Å². The molecule has 3 heterocycles. The average Bonchev–Trinajstić information content (AvgIpc) is 3.33. The van der Waals surface area contributed by atoms with Crippen LogP contribution < -0.4 is 5.32 Å². The second kappa shape index (κ2) is 10.5. The van der Waals surface area contributed by atoms with Crippen molar-refractivity contribution in [3.63, 3.8) is 0 Å². The van der Waals surface area contributed by atoms with Gasteiger partial charge in [0, 0.05) is 26.2 Å². The lowest BCUT2D eigenvalue weighted by Crippen LogP contribution is -2.76. The molecule has 0 bridgehead atoms. The summed E-state index contributed by atoms with van der Waals surface area (Å²) >= 11 is 0. The Labute approximate surface area is 195 Å². The molecule has 3 saturated heterocycles. The normalized spacial score (nSPS) is 26.0. The van der Waals surface area contributed by atoms with Crippen LogP contribution in [0.25, 0.3) is 0 Å². The number of hydrogen-bond donors (Lipinski definition) is 1. The van der Waals surface area contributed by atoms with Crippen LogP contribution >= 0.6 is 0 Å². The van der Waals surface area contributed by atoms with Crippen LogP contribution in [-0.2, 0) is 20.9 Å². The first-order valence-corrected chi connectivity index (χ1v) is 12.1. The minimum Gasteiger partial charge on any atom is -0.376 e. The molecule has 180 valence electrons. The Kier molecular flexibility index (Phi) is 7.49. The van der Waals surface area contributed by atoms with Gasteiger partial charge in [0.2, 0.25) is 11.8 Å². The van der Waals surface area contributed by atoms with Gasteiger partial charge in [-0.1, -0.05) is 50.6 Å². The quantitative estimate of drug-likeness (QED) is 0.675. The zero-order chi connectivity index (χ0) is 23.4. The minimum absolute atomic E-state index is 0.0182. The molecule has 9 nitrogen and oxygen atoms in total. The summed E-state index contributed by atoms with van der Waals surface area (Å²) in [4.78, 5) is 43.4. The van der Waals surface area contributed by atoms with Crippen molar-refractivity contribution in [2.45, 2.75) is 64.4 Å². The summed E-state index contributed by atoms with van der Waals surface area (Å²) in [5, 5.41) is 6.45. The van der Waals surface area contributed by atoms with Gasteiger partial charge in [0.25, 0.3) is 0 Å². The molecule has 3 atom stereocenters. The van der Waals surface area contributed by atoms with Crippen LogP contribution in [0.5, 0.6) is 0 Å². The molecule has 3 aliphatic heterocycles. The fourth-order valence-electron chi connectivity index (χ4n) is 5.07. The second-order valence-electron chi connectivity index (χ2n) is 8.93. The van der Waals surface area contributed by atoms with Crippen molar-refractivity contribution in [2.75, 3.05) is 32.8 Å². The van der Waals surface area contributed by atoms with Crippen LogP contribution in [-0.4, -0.2) is 88.8 Å². The molecular weight excluding hydrogens is 422 g/mol. The zero-order valence-corrected chi connectivity index (χ0v) is 19.6. The highest BCUT2D eigenvalue weighted by molar-refractivity contribution is 5.91. The molecule has 0 aliphatic carbocycles. The van der Waals surface area contributed by atoms with E-state index in [0.717, 1.165) is 31.4 Å². The molecule has 1 aromatic carbocycles. The average molecular weight is 458 g/mol. The SMILES string of the molecule is CCC[C@H]1C(=O)N(CC2CCCO2)C[C@H]2N1C(=O)CN(CC)N2C(=O)NCc1ccccc1. The molecule has 1 aromatic rings. The van der Waals surface area contributed by atoms with E-state index in [0.29, 0.717) is 32.6 Å². The first kappa shape index (κ1) is 23.5. The number of amides is 4. The Bertz CT molecular complexity index is 845. The third-order valence-corrected chi connectivity index (χ3v) is 6.70. The molecule has 4 amide bonds. The van der Waals surface area contributed by atoms with E-state index in [2.05, 4.69) is 5.32 Å². The third kappa shape index (κ3) is 4.99. The Balaban J connectivity index is 1.58. The summed E-state index contributed by atoms with van der Waals surface area (Å²) in [5.74, 6) is -0.135. The Hall–Kier alpha value is -2.65. The number of fused-ring (bicyclic) bond motifs is 1. The first-order valence-electron chi connectivity index (χ1n) is 12.1. The molecule has 9 heteroatoms. The van der Waals surface area contributed by atoms with Crippen molar-refractivity contribution in [3.05, 3.63) is 35.9 Å². The van der Waals surface area contributed by atoms with Gasteiger partial charge in [-0.05, 0) is 24.8 Å². The van der Waals surface area contributed by atoms with Gasteiger partial charge in [-0.2, -0.15) is 0 Å².